The highest BCUT2D eigenvalue weighted by molar-refractivity contribution is 6.01. The Morgan fingerprint density at radius 3 is 2.61 bits per heavy atom. The molecule has 3 rings (SSSR count). The van der Waals surface area contributed by atoms with Crippen molar-refractivity contribution in [2.24, 2.45) is 5.92 Å². The number of anilines is 2. The molecule has 164 valence electrons. The zero-order valence-corrected chi connectivity index (χ0v) is 18.6. The monoisotopic (exact) mass is 422 g/mol. The van der Waals surface area contributed by atoms with Crippen molar-refractivity contribution in [3.05, 3.63) is 59.2 Å². The average Bonchev–Trinajstić information content (AvgIpc) is 3.09. The topological polar surface area (TPSA) is 81.8 Å². The minimum absolute atomic E-state index is 0.0283. The molecule has 0 aliphatic carbocycles. The number of carbonyl (C=O) groups excluding carboxylic acids is 3. The van der Waals surface area contributed by atoms with Crippen molar-refractivity contribution >= 4 is 29.1 Å². The van der Waals surface area contributed by atoms with Crippen LogP contribution in [0.2, 0.25) is 0 Å². The van der Waals surface area contributed by atoms with Crippen LogP contribution in [0.5, 0.6) is 0 Å². The number of carbonyl (C=O) groups is 3. The molecule has 7 heteroatoms. The third-order valence-corrected chi connectivity index (χ3v) is 5.50. The lowest BCUT2D eigenvalue weighted by Gasteiger charge is -2.20. The second kappa shape index (κ2) is 9.75. The molecule has 3 amide bonds. The van der Waals surface area contributed by atoms with Gasteiger partial charge in [-0.3, -0.25) is 14.4 Å². The molecule has 1 fully saturated rings. The van der Waals surface area contributed by atoms with Gasteiger partial charge in [-0.25, -0.2) is 0 Å². The van der Waals surface area contributed by atoms with Gasteiger partial charge in [0, 0.05) is 30.9 Å². The molecule has 1 aliphatic rings. The molecule has 1 aliphatic heterocycles. The Hall–Kier alpha value is -3.19. The van der Waals surface area contributed by atoms with E-state index >= 15 is 0 Å². The summed E-state index contributed by atoms with van der Waals surface area (Å²) in [6.45, 7) is 5.03. The number of hydrogen-bond donors (Lipinski definition) is 2. The molecule has 1 unspecified atom stereocenters. The van der Waals surface area contributed by atoms with Gasteiger partial charge in [0.25, 0.3) is 0 Å². The Morgan fingerprint density at radius 1 is 1.13 bits per heavy atom. The summed E-state index contributed by atoms with van der Waals surface area (Å²) in [5.74, 6) is -0.639. The van der Waals surface area contributed by atoms with E-state index in [1.54, 1.807) is 9.80 Å². The number of likely N-dealkylation sites (N-methyl/N-ethyl adjacent to an activating group) is 1. The highest BCUT2D eigenvalue weighted by Crippen LogP contribution is 2.29. The summed E-state index contributed by atoms with van der Waals surface area (Å²) >= 11 is 0. The minimum Gasteiger partial charge on any atom is -0.352 e. The molecule has 2 N–H and O–H groups in total. The number of rotatable bonds is 7. The summed E-state index contributed by atoms with van der Waals surface area (Å²) in [5.41, 5.74) is 4.63. The largest absolute Gasteiger partial charge is 0.352 e. The molecule has 0 spiro atoms. The summed E-state index contributed by atoms with van der Waals surface area (Å²) in [6, 6.07) is 13.3. The van der Waals surface area contributed by atoms with Crippen LogP contribution >= 0.6 is 0 Å². The predicted octanol–water partition coefficient (Wildman–Crippen LogP) is 2.47. The standard InChI is InChI=1S/C24H30N4O3/c1-16-7-5-10-21(17(16)2)28-14-19(12-23(28)30)24(31)25-13-18-8-6-9-20(11-18)26-22(29)15-27(3)4/h5-11,19H,12-15H2,1-4H3,(H,25,31)(H,26,29). The van der Waals surface area contributed by atoms with Crippen LogP contribution in [0.3, 0.4) is 0 Å². The summed E-state index contributed by atoms with van der Waals surface area (Å²) in [5, 5.41) is 5.78. The molecule has 2 aromatic carbocycles. The molecule has 1 heterocycles. The molecular weight excluding hydrogens is 392 g/mol. The Morgan fingerprint density at radius 2 is 1.87 bits per heavy atom. The van der Waals surface area contributed by atoms with Gasteiger partial charge in [0.2, 0.25) is 17.7 Å². The van der Waals surface area contributed by atoms with Gasteiger partial charge in [-0.2, -0.15) is 0 Å². The Balaban J connectivity index is 1.58. The third kappa shape index (κ3) is 5.70. The normalized spacial score (nSPS) is 16.0. The first-order valence-corrected chi connectivity index (χ1v) is 10.4. The molecule has 0 aromatic heterocycles. The maximum atomic E-state index is 12.7. The molecule has 1 atom stereocenters. The highest BCUT2D eigenvalue weighted by Gasteiger charge is 2.35. The van der Waals surface area contributed by atoms with Crippen molar-refractivity contribution in [1.82, 2.24) is 10.2 Å². The van der Waals surface area contributed by atoms with Gasteiger partial charge in [-0.1, -0.05) is 24.3 Å². The minimum atomic E-state index is -0.379. The van der Waals surface area contributed by atoms with Crippen LogP contribution in [0.4, 0.5) is 11.4 Å². The van der Waals surface area contributed by atoms with E-state index in [2.05, 4.69) is 10.6 Å². The van der Waals surface area contributed by atoms with Gasteiger partial charge in [-0.05, 0) is 62.8 Å². The van der Waals surface area contributed by atoms with E-state index in [0.717, 1.165) is 22.4 Å². The van der Waals surface area contributed by atoms with Gasteiger partial charge < -0.3 is 20.4 Å². The lowest BCUT2D eigenvalue weighted by atomic mass is 10.1. The van der Waals surface area contributed by atoms with Gasteiger partial charge in [0.05, 0.1) is 12.5 Å². The Bertz CT molecular complexity index is 987. The third-order valence-electron chi connectivity index (χ3n) is 5.50. The molecule has 7 nitrogen and oxygen atoms in total. The number of amides is 3. The molecule has 31 heavy (non-hydrogen) atoms. The lowest BCUT2D eigenvalue weighted by molar-refractivity contribution is -0.126. The van der Waals surface area contributed by atoms with Crippen molar-refractivity contribution in [2.75, 3.05) is 37.4 Å². The van der Waals surface area contributed by atoms with Crippen LogP contribution in [-0.4, -0.2) is 49.8 Å². The predicted molar refractivity (Wildman–Crippen MR) is 122 cm³/mol. The van der Waals surface area contributed by atoms with E-state index in [9.17, 15) is 14.4 Å². The molecule has 1 saturated heterocycles. The van der Waals surface area contributed by atoms with Crippen LogP contribution in [0.1, 0.15) is 23.1 Å². The Labute approximate surface area is 183 Å². The van der Waals surface area contributed by atoms with Gasteiger partial charge in [0.1, 0.15) is 0 Å². The summed E-state index contributed by atoms with van der Waals surface area (Å²) < 4.78 is 0. The van der Waals surface area contributed by atoms with Crippen molar-refractivity contribution in [2.45, 2.75) is 26.8 Å². The quantitative estimate of drug-likeness (QED) is 0.718. The van der Waals surface area contributed by atoms with Gasteiger partial charge in [0.15, 0.2) is 0 Å². The summed E-state index contributed by atoms with van der Waals surface area (Å²) in [7, 11) is 3.67. The highest BCUT2D eigenvalue weighted by atomic mass is 16.2. The zero-order valence-electron chi connectivity index (χ0n) is 18.6. The van der Waals surface area contributed by atoms with Crippen molar-refractivity contribution in [3.63, 3.8) is 0 Å². The van der Waals surface area contributed by atoms with Crippen LogP contribution in [-0.2, 0) is 20.9 Å². The van der Waals surface area contributed by atoms with Crippen molar-refractivity contribution < 1.29 is 14.4 Å². The van der Waals surface area contributed by atoms with E-state index in [4.69, 9.17) is 0 Å². The van der Waals surface area contributed by atoms with E-state index in [-0.39, 0.29) is 30.1 Å². The smallest absolute Gasteiger partial charge is 0.238 e. The summed E-state index contributed by atoms with van der Waals surface area (Å²) in [6.07, 6.45) is 0.208. The fourth-order valence-electron chi connectivity index (χ4n) is 3.72. The fraction of sp³-hybridized carbons (Fsp3) is 0.375. The lowest BCUT2D eigenvalue weighted by Crippen LogP contribution is -2.32. The first-order valence-electron chi connectivity index (χ1n) is 10.4. The van der Waals surface area contributed by atoms with Gasteiger partial charge in [-0.15, -0.1) is 0 Å². The second-order valence-electron chi connectivity index (χ2n) is 8.33. The van der Waals surface area contributed by atoms with Crippen LogP contribution < -0.4 is 15.5 Å². The van der Waals surface area contributed by atoms with Crippen LogP contribution in [0.15, 0.2) is 42.5 Å². The molecule has 0 bridgehead atoms. The van der Waals surface area contributed by atoms with E-state index < -0.39 is 0 Å². The molecular formula is C24H30N4O3. The fourth-order valence-corrected chi connectivity index (χ4v) is 3.72. The van der Waals surface area contributed by atoms with Gasteiger partial charge >= 0.3 is 0 Å². The number of nitrogens with zero attached hydrogens (tertiary/aromatic N) is 2. The molecule has 2 aromatic rings. The second-order valence-corrected chi connectivity index (χ2v) is 8.33. The number of benzene rings is 2. The number of aryl methyl sites for hydroxylation is 1. The van der Waals surface area contributed by atoms with Crippen molar-refractivity contribution in [1.29, 1.82) is 0 Å². The first kappa shape index (κ1) is 22.5. The number of hydrogen-bond acceptors (Lipinski definition) is 4. The van der Waals surface area contributed by atoms with Crippen molar-refractivity contribution in [3.8, 4) is 0 Å². The first-order chi connectivity index (χ1) is 14.7. The molecule has 0 saturated carbocycles. The van der Waals surface area contributed by atoms with Crippen LogP contribution in [0.25, 0.3) is 0 Å². The van der Waals surface area contributed by atoms with E-state index in [1.807, 2.05) is 70.4 Å². The maximum Gasteiger partial charge on any atom is 0.238 e. The van der Waals surface area contributed by atoms with E-state index in [1.165, 1.54) is 0 Å². The summed E-state index contributed by atoms with van der Waals surface area (Å²) in [4.78, 5) is 40.7. The average molecular weight is 423 g/mol. The zero-order chi connectivity index (χ0) is 22.5. The Kier molecular flexibility index (Phi) is 7.07. The number of nitrogens with one attached hydrogen (secondary N) is 2. The van der Waals surface area contributed by atoms with E-state index in [0.29, 0.717) is 25.3 Å². The SMILES string of the molecule is Cc1cccc(N2CC(C(=O)NCc3cccc(NC(=O)CN(C)C)c3)CC2=O)c1C. The maximum absolute atomic E-state index is 12.7. The molecule has 0 radical (unpaired) electrons. The van der Waals surface area contributed by atoms with Crippen LogP contribution in [0, 0.1) is 19.8 Å².